The molecule has 0 atom stereocenters. The Kier molecular flexibility index (Phi) is 4.14. The number of nitrogens with one attached hydrogen (secondary N) is 1. The third kappa shape index (κ3) is 3.65. The fourth-order valence-corrected chi connectivity index (χ4v) is 2.47. The normalized spacial score (nSPS) is 11.7. The van der Waals surface area contributed by atoms with Gasteiger partial charge in [0, 0.05) is 17.8 Å². The summed E-state index contributed by atoms with van der Waals surface area (Å²) in [5.74, 6) is 0.732. The number of anilines is 1. The molecule has 9 nitrogen and oxygen atoms in total. The molecule has 0 radical (unpaired) electrons. The van der Waals surface area contributed by atoms with Crippen LogP contribution < -0.4 is 5.32 Å². The molecule has 3 aromatic rings. The third-order valence-corrected chi connectivity index (χ3v) is 3.89. The number of thiazole rings is 1. The first-order chi connectivity index (χ1) is 11.3. The maximum atomic E-state index is 12.0. The number of aromatic nitrogens is 6. The molecule has 10 heteroatoms. The standard InChI is InChI=1S/C14H17N7O2S/c1-14(2,3)12(22)17-13-15-8(7-24-13)5-10-16-11(19-23-10)9-6-21(4)20-18-9/h6-7H,5H2,1-4H3,(H,15,17,22). The first-order valence-corrected chi connectivity index (χ1v) is 8.14. The fourth-order valence-electron chi connectivity index (χ4n) is 1.77. The van der Waals surface area contributed by atoms with Crippen molar-refractivity contribution in [2.45, 2.75) is 27.2 Å². The van der Waals surface area contributed by atoms with Crippen molar-refractivity contribution in [3.63, 3.8) is 0 Å². The van der Waals surface area contributed by atoms with Crippen LogP contribution in [0.1, 0.15) is 32.4 Å². The highest BCUT2D eigenvalue weighted by molar-refractivity contribution is 7.13. The molecule has 0 bridgehead atoms. The van der Waals surface area contributed by atoms with E-state index in [-0.39, 0.29) is 5.91 Å². The second-order valence-corrected chi connectivity index (χ2v) is 7.17. The van der Waals surface area contributed by atoms with Gasteiger partial charge in [-0.15, -0.1) is 16.4 Å². The SMILES string of the molecule is Cn1cc(-c2noc(Cc3csc(NC(=O)C(C)(C)C)n3)n2)nn1. The van der Waals surface area contributed by atoms with Gasteiger partial charge in [-0.3, -0.25) is 9.48 Å². The average Bonchev–Trinajstić information content (AvgIpc) is 3.20. The zero-order valence-electron chi connectivity index (χ0n) is 13.8. The number of amides is 1. The summed E-state index contributed by atoms with van der Waals surface area (Å²) >= 11 is 1.36. The number of rotatable bonds is 4. The molecule has 0 fully saturated rings. The largest absolute Gasteiger partial charge is 0.338 e. The van der Waals surface area contributed by atoms with E-state index in [2.05, 4.69) is 30.8 Å². The van der Waals surface area contributed by atoms with E-state index >= 15 is 0 Å². The van der Waals surface area contributed by atoms with Crippen LogP contribution in [0.4, 0.5) is 5.13 Å². The molecular formula is C14H17N7O2S. The van der Waals surface area contributed by atoms with Crippen LogP contribution in [0.3, 0.4) is 0 Å². The maximum absolute atomic E-state index is 12.0. The summed E-state index contributed by atoms with van der Waals surface area (Å²) in [6, 6.07) is 0. The lowest BCUT2D eigenvalue weighted by Gasteiger charge is -2.15. The lowest BCUT2D eigenvalue weighted by Crippen LogP contribution is -2.27. The first kappa shape index (κ1) is 16.2. The van der Waals surface area contributed by atoms with Gasteiger partial charge in [0.1, 0.15) is 0 Å². The third-order valence-electron chi connectivity index (χ3n) is 3.09. The van der Waals surface area contributed by atoms with Crippen LogP contribution in [0, 0.1) is 5.41 Å². The molecular weight excluding hydrogens is 330 g/mol. The Bertz CT molecular complexity index is 858. The quantitative estimate of drug-likeness (QED) is 0.767. The van der Waals surface area contributed by atoms with Gasteiger partial charge in [0.25, 0.3) is 0 Å². The average molecular weight is 347 g/mol. The van der Waals surface area contributed by atoms with E-state index in [0.29, 0.717) is 29.0 Å². The monoisotopic (exact) mass is 347 g/mol. The van der Waals surface area contributed by atoms with Crippen LogP contribution in [-0.2, 0) is 18.3 Å². The van der Waals surface area contributed by atoms with E-state index in [1.807, 2.05) is 26.2 Å². The van der Waals surface area contributed by atoms with Gasteiger partial charge in [-0.2, -0.15) is 4.98 Å². The molecule has 1 N–H and O–H groups in total. The lowest BCUT2D eigenvalue weighted by atomic mass is 9.96. The van der Waals surface area contributed by atoms with Crippen molar-refractivity contribution in [2.24, 2.45) is 12.5 Å². The molecule has 0 unspecified atom stereocenters. The van der Waals surface area contributed by atoms with Crippen molar-refractivity contribution in [3.8, 4) is 11.5 Å². The number of nitrogens with zero attached hydrogens (tertiary/aromatic N) is 6. The van der Waals surface area contributed by atoms with Crippen molar-refractivity contribution in [2.75, 3.05) is 5.32 Å². The maximum Gasteiger partial charge on any atom is 0.233 e. The number of carbonyl (C=O) groups excluding carboxylic acids is 1. The summed E-state index contributed by atoms with van der Waals surface area (Å²) in [7, 11) is 1.76. The van der Waals surface area contributed by atoms with Crippen LogP contribution in [0.5, 0.6) is 0 Å². The van der Waals surface area contributed by atoms with E-state index in [0.717, 1.165) is 5.69 Å². The highest BCUT2D eigenvalue weighted by Crippen LogP contribution is 2.22. The topological polar surface area (TPSA) is 112 Å². The predicted molar refractivity (Wildman–Crippen MR) is 87.3 cm³/mol. The second kappa shape index (κ2) is 6.11. The molecule has 0 saturated heterocycles. The van der Waals surface area contributed by atoms with Crippen LogP contribution in [0.15, 0.2) is 16.1 Å². The van der Waals surface area contributed by atoms with Gasteiger partial charge in [-0.05, 0) is 0 Å². The van der Waals surface area contributed by atoms with E-state index < -0.39 is 5.41 Å². The predicted octanol–water partition coefficient (Wildman–Crippen LogP) is 1.90. The molecule has 0 aliphatic heterocycles. The Hall–Kier alpha value is -2.62. The van der Waals surface area contributed by atoms with Gasteiger partial charge in [0.15, 0.2) is 10.8 Å². The van der Waals surface area contributed by atoms with Crippen molar-refractivity contribution in [1.82, 2.24) is 30.1 Å². The van der Waals surface area contributed by atoms with Crippen LogP contribution in [0.2, 0.25) is 0 Å². The Balaban J connectivity index is 1.67. The van der Waals surface area contributed by atoms with Gasteiger partial charge in [0.2, 0.25) is 17.6 Å². The molecule has 0 saturated carbocycles. The van der Waals surface area contributed by atoms with Gasteiger partial charge in [-0.25, -0.2) is 4.98 Å². The van der Waals surface area contributed by atoms with Crippen LogP contribution in [0.25, 0.3) is 11.5 Å². The summed E-state index contributed by atoms with van der Waals surface area (Å²) in [5.41, 5.74) is 0.826. The Morgan fingerprint density at radius 2 is 2.17 bits per heavy atom. The Morgan fingerprint density at radius 1 is 1.38 bits per heavy atom. The summed E-state index contributed by atoms with van der Waals surface area (Å²) in [5, 5.41) is 16.9. The highest BCUT2D eigenvalue weighted by atomic mass is 32.1. The molecule has 1 amide bonds. The van der Waals surface area contributed by atoms with Crippen molar-refractivity contribution < 1.29 is 9.32 Å². The molecule has 3 heterocycles. The van der Waals surface area contributed by atoms with Gasteiger partial charge >= 0.3 is 0 Å². The van der Waals surface area contributed by atoms with Crippen molar-refractivity contribution in [3.05, 3.63) is 23.2 Å². The molecule has 24 heavy (non-hydrogen) atoms. The summed E-state index contributed by atoms with van der Waals surface area (Å²) in [6.07, 6.45) is 2.09. The first-order valence-electron chi connectivity index (χ1n) is 7.26. The van der Waals surface area contributed by atoms with Gasteiger partial charge in [-0.1, -0.05) is 31.1 Å². The zero-order valence-corrected chi connectivity index (χ0v) is 14.6. The van der Waals surface area contributed by atoms with E-state index in [1.54, 1.807) is 17.9 Å². The van der Waals surface area contributed by atoms with E-state index in [9.17, 15) is 4.79 Å². The number of carbonyl (C=O) groups is 1. The van der Waals surface area contributed by atoms with E-state index in [4.69, 9.17) is 4.52 Å². The molecule has 0 aliphatic rings. The minimum absolute atomic E-state index is 0.0777. The van der Waals surface area contributed by atoms with Gasteiger partial charge in [0.05, 0.1) is 18.3 Å². The number of hydrogen-bond donors (Lipinski definition) is 1. The summed E-state index contributed by atoms with van der Waals surface area (Å²) in [4.78, 5) is 20.6. The molecule has 0 spiro atoms. The summed E-state index contributed by atoms with van der Waals surface area (Å²) in [6.45, 7) is 5.55. The summed E-state index contributed by atoms with van der Waals surface area (Å²) < 4.78 is 6.78. The molecule has 0 aliphatic carbocycles. The van der Waals surface area contributed by atoms with Crippen LogP contribution in [-0.4, -0.2) is 36.0 Å². The fraction of sp³-hybridized carbons (Fsp3) is 0.429. The zero-order chi connectivity index (χ0) is 17.3. The Morgan fingerprint density at radius 3 is 2.83 bits per heavy atom. The number of aryl methyl sites for hydroxylation is 1. The smallest absolute Gasteiger partial charge is 0.233 e. The van der Waals surface area contributed by atoms with Gasteiger partial charge < -0.3 is 9.84 Å². The highest BCUT2D eigenvalue weighted by Gasteiger charge is 2.22. The van der Waals surface area contributed by atoms with Crippen LogP contribution >= 0.6 is 11.3 Å². The minimum atomic E-state index is -0.468. The Labute approximate surface area is 142 Å². The minimum Gasteiger partial charge on any atom is -0.338 e. The van der Waals surface area contributed by atoms with E-state index in [1.165, 1.54) is 11.3 Å². The molecule has 126 valence electrons. The lowest BCUT2D eigenvalue weighted by molar-refractivity contribution is -0.123. The van der Waals surface area contributed by atoms with Crippen molar-refractivity contribution >= 4 is 22.4 Å². The van der Waals surface area contributed by atoms with Crippen molar-refractivity contribution in [1.29, 1.82) is 0 Å². The molecule has 3 rings (SSSR count). The number of hydrogen-bond acceptors (Lipinski definition) is 8. The molecule has 3 aromatic heterocycles. The second-order valence-electron chi connectivity index (χ2n) is 6.31. The molecule has 0 aromatic carbocycles.